The van der Waals surface area contributed by atoms with Crippen LogP contribution >= 0.6 is 0 Å². The van der Waals surface area contributed by atoms with Gasteiger partial charge >= 0.3 is 0 Å². The molecule has 70 heavy (non-hydrogen) atoms. The first-order chi connectivity index (χ1) is 34.0. The Bertz CT molecular complexity index is 3650. The van der Waals surface area contributed by atoms with Gasteiger partial charge in [0.05, 0.1) is 30.5 Å². The van der Waals surface area contributed by atoms with Crippen LogP contribution in [0.25, 0.3) is 94.7 Å². The van der Waals surface area contributed by atoms with E-state index >= 15 is 0 Å². The van der Waals surface area contributed by atoms with E-state index in [1.165, 1.54) is 17.3 Å². The maximum Gasteiger partial charge on any atom is 0.121 e. The summed E-state index contributed by atoms with van der Waals surface area (Å²) >= 11 is 0. The predicted octanol–water partition coefficient (Wildman–Crippen LogP) is 16.9. The van der Waals surface area contributed by atoms with Gasteiger partial charge in [-0.25, -0.2) is 0 Å². The van der Waals surface area contributed by atoms with E-state index in [4.69, 9.17) is 9.40 Å². The summed E-state index contributed by atoms with van der Waals surface area (Å²) in [6.07, 6.45) is 1.93. The molecule has 0 saturated heterocycles. The minimum absolute atomic E-state index is 0. The molecule has 0 bridgehead atoms. The van der Waals surface area contributed by atoms with Crippen LogP contribution in [0.5, 0.6) is 0 Å². The van der Waals surface area contributed by atoms with Crippen molar-refractivity contribution in [2.24, 2.45) is 0 Å². The van der Waals surface area contributed by atoms with Gasteiger partial charge in [-0.05, 0) is 97.5 Å². The third-order valence-corrected chi connectivity index (χ3v) is 14.8. The van der Waals surface area contributed by atoms with Crippen molar-refractivity contribution < 1.29 is 31.7 Å². The number of imidazole rings is 1. The number of fused-ring (bicyclic) bond motifs is 4. The Kier molecular flexibility index (Phi) is 13.1. The molecule has 11 aromatic rings. The molecule has 3 aromatic heterocycles. The van der Waals surface area contributed by atoms with Crippen molar-refractivity contribution in [2.45, 2.75) is 59.1 Å². The van der Waals surface area contributed by atoms with Crippen LogP contribution in [0, 0.1) is 17.9 Å². The number of pyridine rings is 1. The number of hydrogen-bond donors (Lipinski definition) is 0. The van der Waals surface area contributed by atoms with Crippen LogP contribution in [0.1, 0.15) is 53.4 Å². The molecule has 0 aliphatic carbocycles. The number of furan rings is 1. The second kappa shape index (κ2) is 20.1. The zero-order valence-corrected chi connectivity index (χ0v) is 43.8. The van der Waals surface area contributed by atoms with E-state index in [0.29, 0.717) is 11.4 Å². The quantitative estimate of drug-likeness (QED) is 0.107. The second-order valence-corrected chi connectivity index (χ2v) is 24.1. The third-order valence-electron chi connectivity index (χ3n) is 12.7. The van der Waals surface area contributed by atoms with Gasteiger partial charge in [0, 0.05) is 45.9 Å². The van der Waals surface area contributed by atoms with Crippen LogP contribution in [0.4, 0.5) is 4.39 Å². The second-order valence-electron chi connectivity index (χ2n) is 19.0. The fourth-order valence-corrected chi connectivity index (χ4v) is 10.0. The summed E-state index contributed by atoms with van der Waals surface area (Å²) in [5.74, 6) is -1.67. The Morgan fingerprint density at radius 1 is 0.614 bits per heavy atom. The fraction of sp³-hybridized carbons (Fsp3) is 0.143. The Balaban J connectivity index is 0.000000302. The van der Waals surface area contributed by atoms with Crippen LogP contribution in [0.2, 0.25) is 19.6 Å². The molecule has 8 aromatic carbocycles. The van der Waals surface area contributed by atoms with Crippen molar-refractivity contribution in [3.8, 4) is 61.7 Å². The molecule has 0 amide bonds. The third kappa shape index (κ3) is 9.62. The molecule has 0 aliphatic heterocycles. The predicted molar refractivity (Wildman–Crippen MR) is 289 cm³/mol. The SMILES string of the molecule is C[Si](C)(C)c1ccc(-c2[c-]cc(F)cc2)nc1.[2H]C(C)(C)c1cc(-c2ccc(-c3ccccc3)cc2)cc(C([2H])(C)C)c1-n1c(-c2[c-]ccc3c2oc2cc(-c4ccccc4)ccc23)nc2ccccc21.[Ir]. The molecule has 0 unspecified atom stereocenters. The van der Waals surface area contributed by atoms with Gasteiger partial charge in [0.15, 0.2) is 0 Å². The summed E-state index contributed by atoms with van der Waals surface area (Å²) < 4.78 is 40.8. The van der Waals surface area contributed by atoms with Gasteiger partial charge in [-0.15, -0.1) is 48.0 Å². The number of nitrogens with zero attached hydrogens (tertiary/aromatic N) is 3. The molecule has 1 radical (unpaired) electrons. The number of hydrogen-bond acceptors (Lipinski definition) is 3. The van der Waals surface area contributed by atoms with Crippen molar-refractivity contribution in [3.63, 3.8) is 0 Å². The Morgan fingerprint density at radius 3 is 1.81 bits per heavy atom. The molecule has 0 fully saturated rings. The van der Waals surface area contributed by atoms with E-state index in [0.717, 1.165) is 94.4 Å². The topological polar surface area (TPSA) is 43.9 Å². The summed E-state index contributed by atoms with van der Waals surface area (Å²) in [6.45, 7) is 14.5. The molecule has 7 heteroatoms. The molecule has 349 valence electrons. The van der Waals surface area contributed by atoms with Crippen molar-refractivity contribution in [3.05, 3.63) is 217 Å². The van der Waals surface area contributed by atoms with Crippen molar-refractivity contribution in [1.29, 1.82) is 0 Å². The average molecular weight is 1110 g/mol. The molecule has 0 aliphatic rings. The summed E-state index contributed by atoms with van der Waals surface area (Å²) in [4.78, 5) is 9.69. The first-order valence-electron chi connectivity index (χ1n) is 24.4. The molecule has 4 nitrogen and oxygen atoms in total. The van der Waals surface area contributed by atoms with Gasteiger partial charge < -0.3 is 14.0 Å². The van der Waals surface area contributed by atoms with Crippen molar-refractivity contribution in [1.82, 2.24) is 14.5 Å². The van der Waals surface area contributed by atoms with E-state index in [9.17, 15) is 7.13 Å². The van der Waals surface area contributed by atoms with Gasteiger partial charge in [0.1, 0.15) is 5.58 Å². The number of halogens is 1. The largest absolute Gasteiger partial charge is 0.501 e. The number of aromatic nitrogens is 3. The minimum Gasteiger partial charge on any atom is -0.501 e. The van der Waals surface area contributed by atoms with Crippen molar-refractivity contribution in [2.75, 3.05) is 0 Å². The molecule has 11 rings (SSSR count). The molecular formula is C63H54FIrN3OSi-2. The van der Waals surface area contributed by atoms with E-state index in [1.807, 2.05) is 94.6 Å². The molecule has 0 saturated carbocycles. The maximum absolute atomic E-state index is 12.8. The first-order valence-corrected chi connectivity index (χ1v) is 26.9. The number of rotatable bonds is 9. The summed E-state index contributed by atoms with van der Waals surface area (Å²) in [5.41, 5.74) is 14.5. The van der Waals surface area contributed by atoms with Gasteiger partial charge in [-0.1, -0.05) is 180 Å². The first kappa shape index (κ1) is 45.4. The van der Waals surface area contributed by atoms with E-state index in [1.54, 1.807) is 6.07 Å². The maximum atomic E-state index is 12.8. The fourth-order valence-electron chi connectivity index (χ4n) is 8.99. The Hall–Kier alpha value is -7.02. The van der Waals surface area contributed by atoms with Crippen LogP contribution in [0.15, 0.2) is 193 Å². The summed E-state index contributed by atoms with van der Waals surface area (Å²) in [7, 11) is -1.30. The number of para-hydroxylation sites is 2. The van der Waals surface area contributed by atoms with Gasteiger partial charge in [-0.2, -0.15) is 0 Å². The Morgan fingerprint density at radius 2 is 1.21 bits per heavy atom. The Labute approximate surface area is 428 Å². The van der Waals surface area contributed by atoms with Crippen LogP contribution < -0.4 is 5.19 Å². The van der Waals surface area contributed by atoms with Gasteiger partial charge in [-0.3, -0.25) is 9.37 Å². The van der Waals surface area contributed by atoms with Crippen LogP contribution in [-0.4, -0.2) is 22.6 Å². The van der Waals surface area contributed by atoms with E-state index < -0.39 is 19.9 Å². The smallest absolute Gasteiger partial charge is 0.121 e. The van der Waals surface area contributed by atoms with Crippen molar-refractivity contribution >= 4 is 46.2 Å². The molecular weight excluding hydrogens is 1050 g/mol. The van der Waals surface area contributed by atoms with Crippen LogP contribution in [-0.2, 0) is 20.1 Å². The zero-order chi connectivity index (χ0) is 49.7. The van der Waals surface area contributed by atoms with E-state index in [2.05, 4.69) is 144 Å². The zero-order valence-electron chi connectivity index (χ0n) is 42.4. The normalized spacial score (nSPS) is 12.3. The van der Waals surface area contributed by atoms with Gasteiger partial charge in [0.25, 0.3) is 0 Å². The molecule has 0 N–H and O–H groups in total. The summed E-state index contributed by atoms with van der Waals surface area (Å²) in [6, 6.07) is 66.9. The van der Waals surface area contributed by atoms with Crippen LogP contribution in [0.3, 0.4) is 0 Å². The minimum atomic E-state index is -1.30. The standard InChI is InChI=1S/C49H39N2O.C14H15FNSi.Ir/c1-31(2)42-28-38(36-24-22-35(23-25-36)33-14-7-5-8-15-33)29-43(32(3)4)47(42)51-45-21-12-11-20-44(45)50-49(51)41-19-13-18-40-39-27-26-37(30-46(39)52-48(40)41)34-16-9-6-10-17-34;1-17(2,3)13-8-9-14(16-10-13)11-4-6-12(15)7-5-11;/h5-18,20-32H,1-4H3;4,6-10H,1-3H3;/q2*-1;/i31D,32D;;. The monoisotopic (exact) mass is 1110 g/mol. The summed E-state index contributed by atoms with van der Waals surface area (Å²) in [5, 5.41) is 3.32. The average Bonchev–Trinajstić information content (AvgIpc) is 3.95. The van der Waals surface area contributed by atoms with E-state index in [-0.39, 0.29) is 25.9 Å². The molecule has 0 spiro atoms. The molecule has 0 atom stereocenters. The molecule has 3 heterocycles. The number of benzene rings is 8. The van der Waals surface area contributed by atoms with Gasteiger partial charge in [0.2, 0.25) is 0 Å².